The maximum atomic E-state index is 12.1. The fourth-order valence-corrected chi connectivity index (χ4v) is 3.36. The molecule has 1 aliphatic heterocycles. The zero-order valence-electron chi connectivity index (χ0n) is 18.6. The number of nitrogens with zero attached hydrogens (tertiary/aromatic N) is 3. The van der Waals surface area contributed by atoms with Crippen LogP contribution >= 0.6 is 24.0 Å². The molecular weight excluding hydrogens is 507 g/mol. The van der Waals surface area contributed by atoms with Gasteiger partial charge in [-0.15, -0.1) is 24.0 Å². The quantitative estimate of drug-likeness (QED) is 0.348. The Hall–Kier alpha value is -2.49. The van der Waals surface area contributed by atoms with Crippen molar-refractivity contribution in [1.82, 2.24) is 15.1 Å². The molecule has 2 aromatic carbocycles. The Balaban J connectivity index is 0.00000341. The molecule has 0 unspecified atom stereocenters. The number of rotatable bonds is 6. The van der Waals surface area contributed by atoms with Crippen molar-refractivity contribution in [1.29, 1.82) is 0 Å². The zero-order valence-corrected chi connectivity index (χ0v) is 20.9. The second kappa shape index (κ2) is 11.8. The number of carbonyl (C=O) groups excluding carboxylic acids is 1. The molecule has 0 aromatic heterocycles. The molecule has 0 saturated heterocycles. The first-order valence-electron chi connectivity index (χ1n) is 10.1. The molecule has 8 heteroatoms. The maximum Gasteiger partial charge on any atom is 0.253 e. The van der Waals surface area contributed by atoms with Gasteiger partial charge >= 0.3 is 0 Å². The van der Waals surface area contributed by atoms with Crippen molar-refractivity contribution < 1.29 is 14.3 Å². The van der Waals surface area contributed by atoms with Crippen LogP contribution < -0.4 is 14.8 Å². The highest BCUT2D eigenvalue weighted by atomic mass is 127. The Morgan fingerprint density at radius 2 is 1.77 bits per heavy atom. The molecule has 0 spiro atoms. The largest absolute Gasteiger partial charge is 0.486 e. The standard InChI is InChI=1S/C23H30N4O3.HI/c1-24-23(25-11-10-17-6-5-7-19(14-17)22(28)26(2)3)27(4)16-18-8-9-20-21(15-18)30-13-12-29-20;/h5-9,14-15H,10-13,16H2,1-4H3,(H,24,25);1H. The maximum absolute atomic E-state index is 12.1. The van der Waals surface area contributed by atoms with Gasteiger partial charge in [-0.1, -0.05) is 18.2 Å². The van der Waals surface area contributed by atoms with Crippen LogP contribution in [0.15, 0.2) is 47.5 Å². The summed E-state index contributed by atoms with van der Waals surface area (Å²) in [6.45, 7) is 2.59. The SMILES string of the molecule is CN=C(NCCc1cccc(C(=O)N(C)C)c1)N(C)Cc1ccc2c(c1)OCCO2.I. The van der Waals surface area contributed by atoms with Crippen molar-refractivity contribution in [2.45, 2.75) is 13.0 Å². The van der Waals surface area contributed by atoms with Gasteiger partial charge in [-0.2, -0.15) is 0 Å². The number of amides is 1. The predicted octanol–water partition coefficient (Wildman–Crippen LogP) is 3.03. The van der Waals surface area contributed by atoms with Crippen molar-refractivity contribution in [2.75, 3.05) is 47.9 Å². The molecule has 0 fully saturated rings. The lowest BCUT2D eigenvalue weighted by molar-refractivity contribution is 0.0827. The summed E-state index contributed by atoms with van der Waals surface area (Å²) >= 11 is 0. The molecular formula is C23H31IN4O3. The van der Waals surface area contributed by atoms with Gasteiger partial charge in [0.05, 0.1) is 0 Å². The van der Waals surface area contributed by atoms with E-state index in [1.54, 1.807) is 26.0 Å². The van der Waals surface area contributed by atoms with E-state index in [9.17, 15) is 4.79 Å². The predicted molar refractivity (Wildman–Crippen MR) is 134 cm³/mol. The molecule has 0 saturated carbocycles. The van der Waals surface area contributed by atoms with Gasteiger partial charge in [0.2, 0.25) is 0 Å². The molecule has 1 amide bonds. The monoisotopic (exact) mass is 538 g/mol. The number of benzene rings is 2. The van der Waals surface area contributed by atoms with Crippen LogP contribution in [0.25, 0.3) is 0 Å². The minimum Gasteiger partial charge on any atom is -0.486 e. The minimum absolute atomic E-state index is 0. The topological polar surface area (TPSA) is 66.4 Å². The Labute approximate surface area is 201 Å². The van der Waals surface area contributed by atoms with E-state index in [-0.39, 0.29) is 29.9 Å². The van der Waals surface area contributed by atoms with Gasteiger partial charge in [-0.25, -0.2) is 0 Å². The first kappa shape index (κ1) is 24.8. The minimum atomic E-state index is 0. The number of carbonyl (C=O) groups is 1. The van der Waals surface area contributed by atoms with Gasteiger partial charge in [-0.3, -0.25) is 9.79 Å². The Morgan fingerprint density at radius 1 is 1.03 bits per heavy atom. The fraction of sp³-hybridized carbons (Fsp3) is 0.391. The van der Waals surface area contributed by atoms with E-state index in [0.717, 1.165) is 41.6 Å². The molecule has 31 heavy (non-hydrogen) atoms. The van der Waals surface area contributed by atoms with Crippen LogP contribution in [0.4, 0.5) is 0 Å². The van der Waals surface area contributed by atoms with Gasteiger partial charge in [0, 0.05) is 46.8 Å². The molecule has 1 N–H and O–H groups in total. The lowest BCUT2D eigenvalue weighted by atomic mass is 10.1. The van der Waals surface area contributed by atoms with E-state index < -0.39 is 0 Å². The number of aliphatic imine (C=N–C) groups is 1. The first-order chi connectivity index (χ1) is 14.5. The Morgan fingerprint density at radius 3 is 2.48 bits per heavy atom. The van der Waals surface area contributed by atoms with Crippen LogP contribution in [0.2, 0.25) is 0 Å². The highest BCUT2D eigenvalue weighted by Crippen LogP contribution is 2.31. The average Bonchev–Trinajstić information content (AvgIpc) is 2.76. The summed E-state index contributed by atoms with van der Waals surface area (Å²) in [6, 6.07) is 13.8. The number of halogens is 1. The van der Waals surface area contributed by atoms with Crippen LogP contribution in [0, 0.1) is 0 Å². The summed E-state index contributed by atoms with van der Waals surface area (Å²) < 4.78 is 11.3. The number of ether oxygens (including phenoxy) is 2. The Bertz CT molecular complexity index is 917. The third-order valence-corrected chi connectivity index (χ3v) is 4.88. The number of fused-ring (bicyclic) bond motifs is 1. The van der Waals surface area contributed by atoms with Gasteiger partial charge in [-0.05, 0) is 41.8 Å². The first-order valence-corrected chi connectivity index (χ1v) is 10.1. The Kier molecular flexibility index (Phi) is 9.42. The van der Waals surface area contributed by atoms with E-state index in [1.807, 2.05) is 49.5 Å². The van der Waals surface area contributed by atoms with E-state index in [1.165, 1.54) is 0 Å². The zero-order chi connectivity index (χ0) is 21.5. The smallest absolute Gasteiger partial charge is 0.253 e. The summed E-state index contributed by atoms with van der Waals surface area (Å²) in [5, 5.41) is 3.40. The van der Waals surface area contributed by atoms with Crippen molar-refractivity contribution in [3.05, 3.63) is 59.2 Å². The van der Waals surface area contributed by atoms with E-state index in [4.69, 9.17) is 9.47 Å². The summed E-state index contributed by atoms with van der Waals surface area (Å²) in [4.78, 5) is 20.2. The number of hydrogen-bond donors (Lipinski definition) is 1. The highest BCUT2D eigenvalue weighted by Gasteiger charge is 2.14. The van der Waals surface area contributed by atoms with E-state index in [2.05, 4.69) is 15.2 Å². The van der Waals surface area contributed by atoms with Gasteiger partial charge in [0.25, 0.3) is 5.91 Å². The van der Waals surface area contributed by atoms with Crippen molar-refractivity contribution in [3.63, 3.8) is 0 Å². The number of nitrogens with one attached hydrogen (secondary N) is 1. The summed E-state index contributed by atoms with van der Waals surface area (Å²) in [7, 11) is 7.30. The van der Waals surface area contributed by atoms with Crippen molar-refractivity contribution in [3.8, 4) is 11.5 Å². The average molecular weight is 538 g/mol. The van der Waals surface area contributed by atoms with E-state index in [0.29, 0.717) is 25.3 Å². The third-order valence-electron chi connectivity index (χ3n) is 4.88. The van der Waals surface area contributed by atoms with Crippen LogP contribution in [0.5, 0.6) is 11.5 Å². The van der Waals surface area contributed by atoms with Crippen molar-refractivity contribution in [2.24, 2.45) is 4.99 Å². The number of hydrogen-bond acceptors (Lipinski definition) is 4. The van der Waals surface area contributed by atoms with Crippen LogP contribution in [0.3, 0.4) is 0 Å². The van der Waals surface area contributed by atoms with Gasteiger partial charge in [0.1, 0.15) is 13.2 Å². The molecule has 168 valence electrons. The van der Waals surface area contributed by atoms with Crippen LogP contribution in [-0.2, 0) is 13.0 Å². The molecule has 3 rings (SSSR count). The lowest BCUT2D eigenvalue weighted by Crippen LogP contribution is -2.39. The summed E-state index contributed by atoms with van der Waals surface area (Å²) in [5.41, 5.74) is 2.94. The van der Waals surface area contributed by atoms with Crippen molar-refractivity contribution >= 4 is 35.8 Å². The second-order valence-electron chi connectivity index (χ2n) is 7.46. The van der Waals surface area contributed by atoms with Crippen LogP contribution in [-0.4, -0.2) is 69.6 Å². The molecule has 7 nitrogen and oxygen atoms in total. The molecule has 1 aliphatic rings. The van der Waals surface area contributed by atoms with Gasteiger partial charge < -0.3 is 24.6 Å². The summed E-state index contributed by atoms with van der Waals surface area (Å²) in [6.07, 6.45) is 0.797. The molecule has 2 aromatic rings. The molecule has 1 heterocycles. The van der Waals surface area contributed by atoms with Crippen LogP contribution in [0.1, 0.15) is 21.5 Å². The molecule has 0 aliphatic carbocycles. The highest BCUT2D eigenvalue weighted by molar-refractivity contribution is 14.0. The number of guanidine groups is 1. The second-order valence-corrected chi connectivity index (χ2v) is 7.46. The molecule has 0 bridgehead atoms. The molecule has 0 atom stereocenters. The summed E-state index contributed by atoms with van der Waals surface area (Å²) in [5.74, 6) is 2.41. The van der Waals surface area contributed by atoms with E-state index >= 15 is 0 Å². The lowest BCUT2D eigenvalue weighted by Gasteiger charge is -2.24. The fourth-order valence-electron chi connectivity index (χ4n) is 3.36. The van der Waals surface area contributed by atoms with Gasteiger partial charge in [0.15, 0.2) is 17.5 Å². The normalized spacial score (nSPS) is 12.6. The molecule has 0 radical (unpaired) electrons. The third kappa shape index (κ3) is 6.75.